The van der Waals surface area contributed by atoms with Crippen molar-refractivity contribution in [1.29, 1.82) is 0 Å². The smallest absolute Gasteiger partial charge is 0.322 e. The summed E-state index contributed by atoms with van der Waals surface area (Å²) >= 11 is 0. The zero-order valence-corrected chi connectivity index (χ0v) is 16.8. The summed E-state index contributed by atoms with van der Waals surface area (Å²) in [7, 11) is 3.26. The molecule has 1 radical (unpaired) electrons. The molecule has 0 saturated heterocycles. The first-order valence-electron chi connectivity index (χ1n) is 8.48. The van der Waals surface area contributed by atoms with Gasteiger partial charge in [-0.15, -0.1) is 5.10 Å². The number of hydrogen-bond donors (Lipinski definition) is 1. The zero-order valence-electron chi connectivity index (χ0n) is 15.8. The van der Waals surface area contributed by atoms with Crippen molar-refractivity contribution in [3.05, 3.63) is 77.5 Å². The molecule has 28 heavy (non-hydrogen) atoms. The number of hydrogen-bond acceptors (Lipinski definition) is 5. The molecule has 0 aromatic heterocycles. The molecule has 0 amide bonds. The van der Waals surface area contributed by atoms with E-state index in [2.05, 4.69) is 10.2 Å². The number of carbonyl (C=O) groups is 1. The number of fused-ring (bicyclic) bond motifs is 1. The Morgan fingerprint density at radius 3 is 2.46 bits per heavy atom. The molecule has 1 aliphatic heterocycles. The largest absolute Gasteiger partial charge is 0.492 e. The van der Waals surface area contributed by atoms with Crippen molar-refractivity contribution in [3.63, 3.8) is 0 Å². The fourth-order valence-electron chi connectivity index (χ4n) is 3.33. The summed E-state index contributed by atoms with van der Waals surface area (Å²) in [5.74, 6) is -0.529. The maximum absolute atomic E-state index is 12.6. The molecule has 2 aromatic rings. The van der Waals surface area contributed by atoms with Gasteiger partial charge in [0.25, 0.3) is 0 Å². The van der Waals surface area contributed by atoms with Gasteiger partial charge in [0.1, 0.15) is 5.41 Å². The van der Waals surface area contributed by atoms with Crippen molar-refractivity contribution in [2.45, 2.75) is 12.3 Å². The van der Waals surface area contributed by atoms with Crippen molar-refractivity contribution in [2.75, 3.05) is 19.1 Å². The third kappa shape index (κ3) is 3.71. The van der Waals surface area contributed by atoms with Crippen LogP contribution in [0.1, 0.15) is 18.1 Å². The molecular formula is C21H21CoN3O3. The molecule has 147 valence electrons. The number of aliphatic hydroxyl groups excluding tert-OH is 1. The maximum Gasteiger partial charge on any atom is 0.322 e. The summed E-state index contributed by atoms with van der Waals surface area (Å²) in [6, 6.07) is 16.6. The van der Waals surface area contributed by atoms with Crippen LogP contribution in [0.2, 0.25) is 0 Å². The van der Waals surface area contributed by atoms with Crippen LogP contribution < -0.4 is 4.90 Å². The minimum Gasteiger partial charge on any atom is -0.492 e. The minimum absolute atomic E-state index is 0. The molecule has 0 spiro atoms. The molecule has 0 saturated carbocycles. The number of aliphatic hydroxyl groups is 1. The first kappa shape index (κ1) is 21.4. The van der Waals surface area contributed by atoms with E-state index in [1.165, 1.54) is 13.3 Å². The SMILES string of the molecule is COC(=O)C1(C)/C(=C/C=N/N=C(\O)c2ccccc2)N(C)c2ccccc21.[Co]. The molecule has 1 unspecified atom stereocenters. The van der Waals surface area contributed by atoms with E-state index in [0.29, 0.717) is 11.3 Å². The normalized spacial score (nSPS) is 20.2. The number of ether oxygens (including phenoxy) is 1. The quantitative estimate of drug-likeness (QED) is 0.355. The van der Waals surface area contributed by atoms with Crippen molar-refractivity contribution in [2.24, 2.45) is 10.2 Å². The van der Waals surface area contributed by atoms with Crippen LogP contribution in [0.25, 0.3) is 0 Å². The Morgan fingerprint density at radius 2 is 1.79 bits per heavy atom. The Morgan fingerprint density at radius 1 is 1.14 bits per heavy atom. The summed E-state index contributed by atoms with van der Waals surface area (Å²) in [6.45, 7) is 1.82. The fourth-order valence-corrected chi connectivity index (χ4v) is 3.33. The van der Waals surface area contributed by atoms with Gasteiger partial charge in [-0.2, -0.15) is 5.10 Å². The van der Waals surface area contributed by atoms with E-state index in [1.54, 1.807) is 30.3 Å². The van der Waals surface area contributed by atoms with Crippen LogP contribution in [0, 0.1) is 0 Å². The summed E-state index contributed by atoms with van der Waals surface area (Å²) in [5, 5.41) is 17.7. The van der Waals surface area contributed by atoms with Gasteiger partial charge in [0.15, 0.2) is 0 Å². The second kappa shape index (κ2) is 8.86. The van der Waals surface area contributed by atoms with Gasteiger partial charge >= 0.3 is 5.97 Å². The minimum atomic E-state index is -0.947. The monoisotopic (exact) mass is 422 g/mol. The number of allylic oxidation sites excluding steroid dienone is 1. The van der Waals surface area contributed by atoms with Crippen LogP contribution in [-0.4, -0.2) is 37.3 Å². The van der Waals surface area contributed by atoms with Gasteiger partial charge in [-0.1, -0.05) is 36.4 Å². The molecule has 0 aliphatic carbocycles. The standard InChI is InChI=1S/C21H21N3O3.Co/c1-21(20(26)27-3)16-11-7-8-12-17(16)24(2)18(21)13-14-22-23-19(25)15-9-5-4-6-10-15;/h4-14H,1-3H3,(H,23,25);/b18-13-,22-14+;. The van der Waals surface area contributed by atoms with E-state index in [-0.39, 0.29) is 28.6 Å². The second-order valence-electron chi connectivity index (χ2n) is 6.30. The van der Waals surface area contributed by atoms with Gasteiger partial charge in [0.05, 0.1) is 13.3 Å². The molecule has 1 atom stereocenters. The molecule has 6 nitrogen and oxygen atoms in total. The first-order chi connectivity index (χ1) is 13.0. The number of esters is 1. The Bertz CT molecular complexity index is 941. The van der Waals surface area contributed by atoms with E-state index in [9.17, 15) is 9.90 Å². The van der Waals surface area contributed by atoms with E-state index >= 15 is 0 Å². The van der Waals surface area contributed by atoms with Gasteiger partial charge in [-0.05, 0) is 36.8 Å². The third-order valence-electron chi connectivity index (χ3n) is 4.75. The molecule has 0 fully saturated rings. The van der Waals surface area contributed by atoms with Crippen LogP contribution in [0.5, 0.6) is 0 Å². The van der Waals surface area contributed by atoms with Crippen LogP contribution >= 0.6 is 0 Å². The van der Waals surface area contributed by atoms with E-state index < -0.39 is 5.41 Å². The average Bonchev–Trinajstić information content (AvgIpc) is 2.93. The van der Waals surface area contributed by atoms with Gasteiger partial charge < -0.3 is 14.7 Å². The average molecular weight is 422 g/mol. The molecule has 2 aromatic carbocycles. The topological polar surface area (TPSA) is 74.5 Å². The van der Waals surface area contributed by atoms with E-state index in [4.69, 9.17) is 4.74 Å². The fraction of sp³-hybridized carbons (Fsp3) is 0.190. The molecule has 7 heteroatoms. The van der Waals surface area contributed by atoms with Gasteiger partial charge in [-0.25, -0.2) is 0 Å². The predicted octanol–water partition coefficient (Wildman–Crippen LogP) is 3.44. The van der Waals surface area contributed by atoms with Crippen LogP contribution in [-0.2, 0) is 31.7 Å². The van der Waals surface area contributed by atoms with Gasteiger partial charge in [-0.3, -0.25) is 4.79 Å². The number of anilines is 1. The molecular weight excluding hydrogens is 401 g/mol. The Kier molecular flexibility index (Phi) is 6.77. The molecule has 1 N–H and O–H groups in total. The van der Waals surface area contributed by atoms with E-state index in [1.807, 2.05) is 49.2 Å². The summed E-state index contributed by atoms with van der Waals surface area (Å²) in [5.41, 5.74) is 2.15. The van der Waals surface area contributed by atoms with Crippen molar-refractivity contribution in [1.82, 2.24) is 0 Å². The first-order valence-corrected chi connectivity index (χ1v) is 8.48. The Labute approximate surface area is 174 Å². The number of likely N-dealkylation sites (N-methyl/N-ethyl adjacent to an activating group) is 1. The third-order valence-corrected chi connectivity index (χ3v) is 4.75. The predicted molar refractivity (Wildman–Crippen MR) is 106 cm³/mol. The van der Waals surface area contributed by atoms with Crippen molar-refractivity contribution in [3.8, 4) is 0 Å². The summed E-state index contributed by atoms with van der Waals surface area (Å²) < 4.78 is 5.06. The number of nitrogens with zero attached hydrogens (tertiary/aromatic N) is 3. The summed E-state index contributed by atoms with van der Waals surface area (Å²) in [4.78, 5) is 14.5. The van der Waals surface area contributed by atoms with Gasteiger partial charge in [0, 0.05) is 40.8 Å². The molecule has 0 bridgehead atoms. The van der Waals surface area contributed by atoms with Gasteiger partial charge in [0.2, 0.25) is 5.90 Å². The molecule has 3 rings (SSSR count). The second-order valence-corrected chi connectivity index (χ2v) is 6.30. The zero-order chi connectivity index (χ0) is 19.4. The van der Waals surface area contributed by atoms with Crippen LogP contribution in [0.4, 0.5) is 5.69 Å². The number of benzene rings is 2. The Balaban J connectivity index is 0.00000280. The summed E-state index contributed by atoms with van der Waals surface area (Å²) in [6.07, 6.45) is 3.16. The molecule has 1 heterocycles. The van der Waals surface area contributed by atoms with E-state index in [0.717, 1.165) is 11.3 Å². The maximum atomic E-state index is 12.6. The van der Waals surface area contributed by atoms with Crippen LogP contribution in [0.15, 0.2) is 76.6 Å². The number of rotatable bonds is 4. The number of methoxy groups -OCH3 is 1. The Hall–Kier alpha value is -2.90. The number of para-hydroxylation sites is 1. The van der Waals surface area contributed by atoms with Crippen molar-refractivity contribution < 1.29 is 31.4 Å². The number of carbonyl (C=O) groups excluding carboxylic acids is 1. The van der Waals surface area contributed by atoms with Crippen LogP contribution in [0.3, 0.4) is 0 Å². The molecule has 1 aliphatic rings. The van der Waals surface area contributed by atoms with Crippen molar-refractivity contribution >= 4 is 23.8 Å².